The number of thiol groups is 1. The van der Waals surface area contributed by atoms with Gasteiger partial charge in [0.25, 0.3) is 0 Å². The van der Waals surface area contributed by atoms with E-state index in [-0.39, 0.29) is 17.0 Å². The van der Waals surface area contributed by atoms with E-state index in [4.69, 9.17) is 20.3 Å². The summed E-state index contributed by atoms with van der Waals surface area (Å²) in [6, 6.07) is 13.3. The maximum absolute atomic E-state index is 13.4. The van der Waals surface area contributed by atoms with Crippen LogP contribution in [0.5, 0.6) is 11.5 Å². The van der Waals surface area contributed by atoms with Crippen LogP contribution in [0.25, 0.3) is 0 Å². The van der Waals surface area contributed by atoms with Gasteiger partial charge in [0, 0.05) is 48.9 Å². The van der Waals surface area contributed by atoms with Gasteiger partial charge in [0.05, 0.1) is 14.2 Å². The van der Waals surface area contributed by atoms with Gasteiger partial charge in [-0.1, -0.05) is 30.3 Å². The molecule has 2 aromatic carbocycles. The molecule has 0 spiro atoms. The van der Waals surface area contributed by atoms with E-state index in [0.29, 0.717) is 22.7 Å². The minimum Gasteiger partial charge on any atom is -0.497 e. The zero-order valence-corrected chi connectivity index (χ0v) is 18.4. The van der Waals surface area contributed by atoms with Crippen LogP contribution in [0.1, 0.15) is 11.6 Å². The molecular weight excluding hydrogens is 414 g/mol. The number of hydrogen-bond acceptors (Lipinski definition) is 9. The number of Topliss-reactive ketones (excluding diaryl/α,β-unsaturated/α-hetero) is 1. The molecule has 0 bridgehead atoms. The van der Waals surface area contributed by atoms with Crippen LogP contribution in [0.15, 0.2) is 64.7 Å². The van der Waals surface area contributed by atoms with Crippen molar-refractivity contribution in [3.05, 3.63) is 65.9 Å². The quantitative estimate of drug-likeness (QED) is 0.271. The van der Waals surface area contributed by atoms with Crippen LogP contribution in [0.3, 0.4) is 0 Å². The second-order valence-corrected chi connectivity index (χ2v) is 6.51. The average molecular weight is 440 g/mol. The highest BCUT2D eigenvalue weighted by atomic mass is 32.1. The molecule has 4 N–H and O–H groups in total. The van der Waals surface area contributed by atoms with Gasteiger partial charge in [0.1, 0.15) is 29.0 Å². The zero-order chi connectivity index (χ0) is 22.8. The van der Waals surface area contributed by atoms with Gasteiger partial charge in [-0.25, -0.2) is 4.40 Å². The van der Waals surface area contributed by atoms with Crippen molar-refractivity contribution in [1.82, 2.24) is 5.32 Å². The minimum atomic E-state index is -0.892. The van der Waals surface area contributed by atoms with Gasteiger partial charge >= 0.3 is 0 Å². The Balaban J connectivity index is 2.48. The highest BCUT2D eigenvalue weighted by Gasteiger charge is 2.28. The standard InChI is InChI=1S/C22H25N5O3S/c1-25-13-15(12-23)20(27-31)19(24)22(28)21(14-7-5-4-6-8-14)26-16-9-17(29-2)11-18(10-16)30-3/h4-13,21,23-26,31H,1-3H3/b15-13+,23-12?,24-19?,27-20-. The van der Waals surface area contributed by atoms with Crippen molar-refractivity contribution < 1.29 is 14.3 Å². The van der Waals surface area contributed by atoms with E-state index in [1.54, 1.807) is 37.4 Å². The van der Waals surface area contributed by atoms with Crippen molar-refractivity contribution in [2.45, 2.75) is 6.04 Å². The van der Waals surface area contributed by atoms with E-state index in [2.05, 4.69) is 27.8 Å². The Morgan fingerprint density at radius 1 is 1.13 bits per heavy atom. The molecule has 2 rings (SSSR count). The highest BCUT2D eigenvalue weighted by molar-refractivity contribution is 7.79. The number of ether oxygens (including phenoxy) is 2. The third kappa shape index (κ3) is 5.95. The normalized spacial score (nSPS) is 12.5. The fraction of sp³-hybridized carbons (Fsp3) is 0.182. The Labute approximate surface area is 186 Å². The SMILES string of the molecule is CN/C=C(C=N)/C(=N/S)C(=N)C(=O)C(Nc1cc(OC)cc(OC)c1)c1ccccc1. The summed E-state index contributed by atoms with van der Waals surface area (Å²) < 4.78 is 14.4. The smallest absolute Gasteiger partial charge is 0.209 e. The first-order valence-corrected chi connectivity index (χ1v) is 9.67. The number of methoxy groups -OCH3 is 2. The first-order valence-electron chi connectivity index (χ1n) is 9.27. The van der Waals surface area contributed by atoms with Crippen LogP contribution in [-0.2, 0) is 4.79 Å². The lowest BCUT2D eigenvalue weighted by Crippen LogP contribution is -2.33. The number of nitrogens with one attached hydrogen (secondary N) is 4. The molecule has 0 heterocycles. The highest BCUT2D eigenvalue weighted by Crippen LogP contribution is 2.29. The van der Waals surface area contributed by atoms with Gasteiger partial charge < -0.3 is 25.5 Å². The summed E-state index contributed by atoms with van der Waals surface area (Å²) in [6.07, 6.45) is 2.48. The van der Waals surface area contributed by atoms with Gasteiger partial charge in [-0.2, -0.15) is 0 Å². The Kier molecular flexibility index (Phi) is 8.83. The zero-order valence-electron chi connectivity index (χ0n) is 17.5. The monoisotopic (exact) mass is 439 g/mol. The van der Waals surface area contributed by atoms with Gasteiger partial charge in [-0.05, 0) is 18.4 Å². The van der Waals surface area contributed by atoms with Crippen LogP contribution < -0.4 is 20.1 Å². The molecule has 0 aromatic heterocycles. The molecule has 0 aliphatic rings. The maximum atomic E-state index is 13.4. The van der Waals surface area contributed by atoms with Gasteiger partial charge in [-0.3, -0.25) is 10.2 Å². The third-order valence-corrected chi connectivity index (χ3v) is 4.57. The molecule has 0 saturated heterocycles. The molecule has 0 aliphatic heterocycles. The Morgan fingerprint density at radius 2 is 1.74 bits per heavy atom. The maximum Gasteiger partial charge on any atom is 0.209 e. The molecular formula is C22H25N5O3S. The molecule has 1 atom stereocenters. The predicted octanol–water partition coefficient (Wildman–Crippen LogP) is 3.48. The fourth-order valence-electron chi connectivity index (χ4n) is 2.85. The van der Waals surface area contributed by atoms with E-state index in [9.17, 15) is 4.79 Å². The Morgan fingerprint density at radius 3 is 2.23 bits per heavy atom. The fourth-order valence-corrected chi connectivity index (χ4v) is 3.07. The third-order valence-electron chi connectivity index (χ3n) is 4.37. The topological polar surface area (TPSA) is 120 Å². The molecule has 0 aliphatic carbocycles. The number of nitrogens with zero attached hydrogens (tertiary/aromatic N) is 1. The number of carbonyl (C=O) groups excluding carboxylic acids is 1. The molecule has 0 amide bonds. The summed E-state index contributed by atoms with van der Waals surface area (Å²) >= 11 is 3.91. The minimum absolute atomic E-state index is 0.0105. The molecule has 8 nitrogen and oxygen atoms in total. The predicted molar refractivity (Wildman–Crippen MR) is 127 cm³/mol. The van der Waals surface area contributed by atoms with Gasteiger partial charge in [-0.15, -0.1) is 0 Å². The molecule has 1 unspecified atom stereocenters. The molecule has 0 saturated carbocycles. The molecule has 0 fully saturated rings. The number of carbonyl (C=O) groups is 1. The summed E-state index contributed by atoms with van der Waals surface area (Å²) in [5.74, 6) is 0.568. The lowest BCUT2D eigenvalue weighted by Gasteiger charge is -2.21. The van der Waals surface area contributed by atoms with Crippen LogP contribution in [0, 0.1) is 10.8 Å². The van der Waals surface area contributed by atoms with Crippen molar-refractivity contribution in [1.29, 1.82) is 10.8 Å². The van der Waals surface area contributed by atoms with E-state index < -0.39 is 11.8 Å². The summed E-state index contributed by atoms with van der Waals surface area (Å²) in [5, 5.41) is 22.0. The molecule has 2 aromatic rings. The summed E-state index contributed by atoms with van der Waals surface area (Å²) in [5.41, 5.74) is 1.10. The molecule has 162 valence electrons. The Hall–Kier alpha value is -3.59. The van der Waals surface area contributed by atoms with Crippen molar-refractivity contribution in [2.24, 2.45) is 4.40 Å². The lowest BCUT2D eigenvalue weighted by molar-refractivity contribution is -0.113. The number of ketones is 1. The largest absolute Gasteiger partial charge is 0.497 e. The van der Waals surface area contributed by atoms with Crippen molar-refractivity contribution in [3.8, 4) is 11.5 Å². The van der Waals surface area contributed by atoms with E-state index in [0.717, 1.165) is 6.21 Å². The van der Waals surface area contributed by atoms with Crippen molar-refractivity contribution in [2.75, 3.05) is 26.6 Å². The first-order chi connectivity index (χ1) is 15.0. The number of hydrogen-bond donors (Lipinski definition) is 5. The van der Waals surface area contributed by atoms with Crippen molar-refractivity contribution in [3.63, 3.8) is 0 Å². The van der Waals surface area contributed by atoms with E-state index in [1.807, 2.05) is 18.2 Å². The molecule has 0 radical (unpaired) electrons. The Bertz CT molecular complexity index is 983. The first kappa shape index (κ1) is 23.7. The summed E-state index contributed by atoms with van der Waals surface area (Å²) in [7, 11) is 4.72. The van der Waals surface area contributed by atoms with E-state index in [1.165, 1.54) is 20.4 Å². The molecule has 31 heavy (non-hydrogen) atoms. The average Bonchev–Trinajstić information content (AvgIpc) is 2.81. The second-order valence-electron chi connectivity index (χ2n) is 6.31. The van der Waals surface area contributed by atoms with E-state index >= 15 is 0 Å². The van der Waals surface area contributed by atoms with Gasteiger partial charge in [0.2, 0.25) is 5.78 Å². The second kappa shape index (κ2) is 11.6. The summed E-state index contributed by atoms with van der Waals surface area (Å²) in [6.45, 7) is 0. The lowest BCUT2D eigenvalue weighted by atomic mass is 9.95. The number of rotatable bonds is 11. The molecule has 9 heteroatoms. The van der Waals surface area contributed by atoms with Crippen LogP contribution >= 0.6 is 12.8 Å². The van der Waals surface area contributed by atoms with Crippen molar-refractivity contribution >= 4 is 41.9 Å². The number of allylic oxidation sites excluding steroid dienone is 1. The van der Waals surface area contributed by atoms with Crippen LogP contribution in [0.2, 0.25) is 0 Å². The summed E-state index contributed by atoms with van der Waals surface area (Å²) in [4.78, 5) is 13.4. The number of anilines is 1. The van der Waals surface area contributed by atoms with Crippen LogP contribution in [0.4, 0.5) is 5.69 Å². The number of benzene rings is 2. The van der Waals surface area contributed by atoms with Gasteiger partial charge in [0.15, 0.2) is 0 Å². The van der Waals surface area contributed by atoms with Crippen LogP contribution in [-0.4, -0.2) is 44.7 Å².